The summed E-state index contributed by atoms with van der Waals surface area (Å²) in [4.78, 5) is 4.35. The van der Waals surface area contributed by atoms with Crippen LogP contribution in [0.25, 0.3) is 0 Å². The number of thiophene rings is 1. The largest absolute Gasteiger partial charge is 0.416 e. The molecule has 1 fully saturated rings. The van der Waals surface area contributed by atoms with Crippen LogP contribution in [-0.2, 0) is 12.6 Å². The second-order valence-electron chi connectivity index (χ2n) is 5.93. The Labute approximate surface area is 144 Å². The lowest BCUT2D eigenvalue weighted by Gasteiger charge is -2.35. The molecule has 24 heavy (non-hydrogen) atoms. The SMILES string of the molecule is CCc1ccc(C(c2ccccc2C(F)(F)F)N2CCNCC2)s1. The van der Waals surface area contributed by atoms with Gasteiger partial charge in [-0.15, -0.1) is 11.3 Å². The van der Waals surface area contributed by atoms with Crippen molar-refractivity contribution in [3.63, 3.8) is 0 Å². The van der Waals surface area contributed by atoms with Gasteiger partial charge in [-0.05, 0) is 30.2 Å². The van der Waals surface area contributed by atoms with E-state index >= 15 is 0 Å². The first-order valence-corrected chi connectivity index (χ1v) is 9.02. The van der Waals surface area contributed by atoms with E-state index in [1.54, 1.807) is 23.5 Å². The summed E-state index contributed by atoms with van der Waals surface area (Å²) in [7, 11) is 0. The number of benzene rings is 1. The summed E-state index contributed by atoms with van der Waals surface area (Å²) in [5.74, 6) is 0. The number of alkyl halides is 3. The second kappa shape index (κ2) is 7.25. The number of hydrogen-bond donors (Lipinski definition) is 1. The first-order chi connectivity index (χ1) is 11.5. The standard InChI is InChI=1S/C18H21F3N2S/c1-2-13-7-8-16(24-13)17(23-11-9-22-10-12-23)14-5-3-4-6-15(14)18(19,20)21/h3-8,17,22H,2,9-12H2,1H3. The fourth-order valence-electron chi connectivity index (χ4n) is 3.20. The number of nitrogens with one attached hydrogen (secondary N) is 1. The van der Waals surface area contributed by atoms with Crippen molar-refractivity contribution >= 4 is 11.3 Å². The van der Waals surface area contributed by atoms with Crippen molar-refractivity contribution in [1.82, 2.24) is 10.2 Å². The van der Waals surface area contributed by atoms with Crippen molar-refractivity contribution in [3.8, 4) is 0 Å². The molecule has 1 atom stereocenters. The van der Waals surface area contributed by atoms with E-state index in [1.807, 2.05) is 12.1 Å². The normalized spacial score (nSPS) is 17.8. The molecule has 3 rings (SSSR count). The Morgan fingerprint density at radius 1 is 1.12 bits per heavy atom. The van der Waals surface area contributed by atoms with Crippen molar-refractivity contribution in [3.05, 3.63) is 57.3 Å². The van der Waals surface area contributed by atoms with Gasteiger partial charge >= 0.3 is 6.18 Å². The summed E-state index contributed by atoms with van der Waals surface area (Å²) in [5, 5.41) is 3.27. The predicted octanol–water partition coefficient (Wildman–Crippen LogP) is 4.32. The molecule has 1 saturated heterocycles. The van der Waals surface area contributed by atoms with Gasteiger partial charge in [-0.25, -0.2) is 0 Å². The van der Waals surface area contributed by atoms with Crippen molar-refractivity contribution < 1.29 is 13.2 Å². The zero-order valence-electron chi connectivity index (χ0n) is 13.6. The molecule has 0 saturated carbocycles. The summed E-state index contributed by atoms with van der Waals surface area (Å²) in [6.07, 6.45) is -3.44. The number of hydrogen-bond acceptors (Lipinski definition) is 3. The summed E-state index contributed by atoms with van der Waals surface area (Å²) >= 11 is 1.62. The summed E-state index contributed by atoms with van der Waals surface area (Å²) < 4.78 is 40.6. The van der Waals surface area contributed by atoms with E-state index in [9.17, 15) is 13.2 Å². The quantitative estimate of drug-likeness (QED) is 0.879. The molecular weight excluding hydrogens is 333 g/mol. The van der Waals surface area contributed by atoms with Crippen LogP contribution < -0.4 is 5.32 Å². The number of rotatable bonds is 4. The van der Waals surface area contributed by atoms with Crippen molar-refractivity contribution in [2.24, 2.45) is 0 Å². The molecule has 1 aromatic carbocycles. The van der Waals surface area contributed by atoms with Gasteiger partial charge in [0, 0.05) is 35.9 Å². The van der Waals surface area contributed by atoms with Gasteiger partial charge in [0.1, 0.15) is 0 Å². The zero-order valence-corrected chi connectivity index (χ0v) is 14.4. The van der Waals surface area contributed by atoms with Crippen LogP contribution in [0.1, 0.15) is 33.8 Å². The highest BCUT2D eigenvalue weighted by atomic mass is 32.1. The third-order valence-corrected chi connectivity index (χ3v) is 5.66. The first kappa shape index (κ1) is 17.5. The molecule has 2 nitrogen and oxygen atoms in total. The Balaban J connectivity index is 2.08. The maximum atomic E-state index is 13.5. The van der Waals surface area contributed by atoms with E-state index in [1.165, 1.54) is 17.0 Å². The number of piperazine rings is 1. The zero-order chi connectivity index (χ0) is 17.2. The molecule has 0 radical (unpaired) electrons. The minimum atomic E-state index is -4.34. The summed E-state index contributed by atoms with van der Waals surface area (Å²) in [6, 6.07) is 9.67. The number of aryl methyl sites for hydroxylation is 1. The summed E-state index contributed by atoms with van der Waals surface area (Å²) in [5.41, 5.74) is -0.170. The van der Waals surface area contributed by atoms with Crippen LogP contribution in [-0.4, -0.2) is 31.1 Å². The predicted molar refractivity (Wildman–Crippen MR) is 91.4 cm³/mol. The van der Waals surface area contributed by atoms with Crippen LogP contribution in [0, 0.1) is 0 Å². The lowest BCUT2D eigenvalue weighted by atomic mass is 9.96. The van der Waals surface area contributed by atoms with Gasteiger partial charge in [-0.2, -0.15) is 13.2 Å². The number of halogens is 3. The first-order valence-electron chi connectivity index (χ1n) is 8.20. The van der Waals surface area contributed by atoms with Crippen LogP contribution in [0.5, 0.6) is 0 Å². The summed E-state index contributed by atoms with van der Waals surface area (Å²) in [6.45, 7) is 5.17. The molecule has 1 aromatic heterocycles. The highest BCUT2D eigenvalue weighted by Gasteiger charge is 2.37. The second-order valence-corrected chi connectivity index (χ2v) is 7.13. The Morgan fingerprint density at radius 3 is 2.46 bits per heavy atom. The minimum Gasteiger partial charge on any atom is -0.314 e. The van der Waals surface area contributed by atoms with E-state index in [2.05, 4.69) is 17.1 Å². The molecule has 0 spiro atoms. The van der Waals surface area contributed by atoms with E-state index in [0.29, 0.717) is 5.56 Å². The molecule has 1 aliphatic heterocycles. The van der Waals surface area contributed by atoms with E-state index in [-0.39, 0.29) is 6.04 Å². The average Bonchev–Trinajstić information content (AvgIpc) is 3.04. The molecule has 130 valence electrons. The Morgan fingerprint density at radius 2 is 1.83 bits per heavy atom. The molecule has 0 aliphatic carbocycles. The molecule has 0 bridgehead atoms. The highest BCUT2D eigenvalue weighted by Crippen LogP contribution is 2.40. The lowest BCUT2D eigenvalue weighted by molar-refractivity contribution is -0.138. The molecule has 2 aromatic rings. The molecule has 0 amide bonds. The van der Waals surface area contributed by atoms with Crippen molar-refractivity contribution in [2.75, 3.05) is 26.2 Å². The van der Waals surface area contributed by atoms with Crippen LogP contribution in [0.15, 0.2) is 36.4 Å². The third-order valence-electron chi connectivity index (χ3n) is 4.38. The maximum absolute atomic E-state index is 13.5. The molecule has 6 heteroatoms. The fraction of sp³-hybridized carbons (Fsp3) is 0.444. The van der Waals surface area contributed by atoms with Gasteiger partial charge in [0.25, 0.3) is 0 Å². The van der Waals surface area contributed by atoms with E-state index in [4.69, 9.17) is 0 Å². The molecule has 2 heterocycles. The maximum Gasteiger partial charge on any atom is 0.416 e. The molecule has 1 unspecified atom stereocenters. The van der Waals surface area contributed by atoms with Crippen LogP contribution in [0.3, 0.4) is 0 Å². The fourth-order valence-corrected chi connectivity index (χ4v) is 4.30. The molecule has 1 aliphatic rings. The Bertz CT molecular complexity index is 675. The van der Waals surface area contributed by atoms with Gasteiger partial charge in [-0.3, -0.25) is 4.90 Å². The van der Waals surface area contributed by atoms with E-state index < -0.39 is 11.7 Å². The van der Waals surface area contributed by atoms with Crippen LogP contribution in [0.4, 0.5) is 13.2 Å². The average molecular weight is 354 g/mol. The van der Waals surface area contributed by atoms with Gasteiger partial charge in [0.15, 0.2) is 0 Å². The van der Waals surface area contributed by atoms with Crippen LogP contribution in [0.2, 0.25) is 0 Å². The van der Waals surface area contributed by atoms with Gasteiger partial charge in [0.05, 0.1) is 11.6 Å². The Hall–Kier alpha value is -1.37. The molecular formula is C18H21F3N2S. The molecule has 1 N–H and O–H groups in total. The van der Waals surface area contributed by atoms with Crippen LogP contribution >= 0.6 is 11.3 Å². The van der Waals surface area contributed by atoms with E-state index in [0.717, 1.165) is 37.5 Å². The topological polar surface area (TPSA) is 15.3 Å². The lowest BCUT2D eigenvalue weighted by Crippen LogP contribution is -2.45. The smallest absolute Gasteiger partial charge is 0.314 e. The van der Waals surface area contributed by atoms with Crippen molar-refractivity contribution in [1.29, 1.82) is 0 Å². The van der Waals surface area contributed by atoms with Gasteiger partial charge in [0.2, 0.25) is 0 Å². The highest BCUT2D eigenvalue weighted by molar-refractivity contribution is 7.12. The monoisotopic (exact) mass is 354 g/mol. The Kier molecular flexibility index (Phi) is 5.27. The number of nitrogens with zero attached hydrogens (tertiary/aromatic N) is 1. The third kappa shape index (κ3) is 3.66. The van der Waals surface area contributed by atoms with Gasteiger partial charge in [-0.1, -0.05) is 25.1 Å². The van der Waals surface area contributed by atoms with Crippen molar-refractivity contribution in [2.45, 2.75) is 25.6 Å². The minimum absolute atomic E-state index is 0.338. The van der Waals surface area contributed by atoms with Gasteiger partial charge < -0.3 is 5.32 Å².